The number of phosphoric ester groups is 1. The molecule has 9 nitrogen and oxygen atoms in total. The van der Waals surface area contributed by atoms with Crippen molar-refractivity contribution in [2.24, 2.45) is 0 Å². The van der Waals surface area contributed by atoms with Gasteiger partial charge in [0.05, 0.1) is 27.7 Å². The number of likely N-dealkylation sites (N-methyl/N-ethyl adjacent to an activating group) is 1. The Morgan fingerprint density at radius 3 is 1.32 bits per heavy atom. The van der Waals surface area contributed by atoms with E-state index in [1.807, 2.05) is 21.1 Å². The molecule has 10 heteroatoms. The van der Waals surface area contributed by atoms with E-state index < -0.39 is 26.5 Å². The van der Waals surface area contributed by atoms with E-state index in [2.05, 4.69) is 50.3 Å². The molecule has 0 amide bonds. The molecule has 364 valence electrons. The number of quaternary nitrogens is 1. The fourth-order valence-corrected chi connectivity index (χ4v) is 7.84. The van der Waals surface area contributed by atoms with E-state index in [1.165, 1.54) is 148 Å². The van der Waals surface area contributed by atoms with Crippen molar-refractivity contribution in [1.29, 1.82) is 0 Å². The zero-order chi connectivity index (χ0) is 45.7. The molecule has 0 rings (SSSR count). The number of unbranched alkanes of at least 4 members (excludes halogenated alkanes) is 27. The molecule has 1 unspecified atom stereocenters. The van der Waals surface area contributed by atoms with Crippen LogP contribution in [-0.4, -0.2) is 74.9 Å². The molecule has 2 atom stereocenters. The van der Waals surface area contributed by atoms with Crippen LogP contribution in [0.1, 0.15) is 232 Å². The SMILES string of the molecule is CCCCC/C=C/C/C=C/CCCCCCCCCC(=O)OC[C@H](COP(=O)(O)OCC[N+](C)(C)C)OC(=O)CCCCCCCCCCCCC/C=C/CCCCCCCC. The highest BCUT2D eigenvalue weighted by Gasteiger charge is 2.27. The molecule has 0 aliphatic carbocycles. The standard InChI is InChI=1S/C52H98NO8P/c1-6-8-10-12-14-16-18-20-22-24-25-26-27-29-31-33-35-37-39-41-43-45-52(55)61-50(49-60-62(56,57)59-47-46-53(3,4)5)48-58-51(54)44-42-40-38-36-34-32-30-28-23-21-19-17-15-13-11-9-7-2/h15,17,20-23,50H,6-14,16,18-19,24-49H2,1-5H3/p+1/b17-15+,22-20+,23-21+/t50-/m1/s1. The summed E-state index contributed by atoms with van der Waals surface area (Å²) < 4.78 is 34.5. The van der Waals surface area contributed by atoms with Crippen molar-refractivity contribution in [3.05, 3.63) is 36.5 Å². The molecule has 1 N–H and O–H groups in total. The number of phosphoric acid groups is 1. The number of hydrogen-bond donors (Lipinski definition) is 1. The molecule has 62 heavy (non-hydrogen) atoms. The van der Waals surface area contributed by atoms with Crippen LogP contribution < -0.4 is 0 Å². The van der Waals surface area contributed by atoms with Crippen LogP contribution in [0.5, 0.6) is 0 Å². The number of hydrogen-bond acceptors (Lipinski definition) is 7. The van der Waals surface area contributed by atoms with Gasteiger partial charge in [0.2, 0.25) is 0 Å². The highest BCUT2D eigenvalue weighted by Crippen LogP contribution is 2.43. The van der Waals surface area contributed by atoms with Gasteiger partial charge in [-0.3, -0.25) is 18.6 Å². The van der Waals surface area contributed by atoms with E-state index in [-0.39, 0.29) is 32.0 Å². The fraction of sp³-hybridized carbons (Fsp3) is 0.846. The predicted octanol–water partition coefficient (Wildman–Crippen LogP) is 15.3. The molecule has 0 aliphatic heterocycles. The minimum atomic E-state index is -4.38. The molecular formula is C52H99NO8P+. The summed E-state index contributed by atoms with van der Waals surface area (Å²) in [5, 5.41) is 0. The molecule has 0 saturated heterocycles. The van der Waals surface area contributed by atoms with Gasteiger partial charge in [-0.05, 0) is 70.6 Å². The van der Waals surface area contributed by atoms with Gasteiger partial charge in [0, 0.05) is 12.8 Å². The van der Waals surface area contributed by atoms with Crippen molar-refractivity contribution in [3.8, 4) is 0 Å². The van der Waals surface area contributed by atoms with Gasteiger partial charge in [-0.1, -0.05) is 185 Å². The highest BCUT2D eigenvalue weighted by molar-refractivity contribution is 7.47. The Morgan fingerprint density at radius 2 is 0.871 bits per heavy atom. The molecule has 0 aromatic rings. The van der Waals surface area contributed by atoms with Crippen molar-refractivity contribution in [2.75, 3.05) is 47.5 Å². The van der Waals surface area contributed by atoms with Gasteiger partial charge in [-0.15, -0.1) is 0 Å². The molecule has 0 fully saturated rings. The first-order valence-corrected chi connectivity index (χ1v) is 27.2. The highest BCUT2D eigenvalue weighted by atomic mass is 31.2. The first-order valence-electron chi connectivity index (χ1n) is 25.7. The van der Waals surface area contributed by atoms with Gasteiger partial charge in [-0.25, -0.2) is 4.57 Å². The Bertz CT molecular complexity index is 1150. The van der Waals surface area contributed by atoms with Crippen LogP contribution in [0.4, 0.5) is 0 Å². The van der Waals surface area contributed by atoms with Crippen molar-refractivity contribution in [3.63, 3.8) is 0 Å². The first-order chi connectivity index (χ1) is 30.0. The number of allylic oxidation sites excluding steroid dienone is 6. The average molecular weight is 897 g/mol. The van der Waals surface area contributed by atoms with Crippen molar-refractivity contribution in [1.82, 2.24) is 0 Å². The molecule has 0 radical (unpaired) electrons. The third kappa shape index (κ3) is 47.7. The topological polar surface area (TPSA) is 108 Å². The lowest BCUT2D eigenvalue weighted by molar-refractivity contribution is -0.870. The summed E-state index contributed by atoms with van der Waals surface area (Å²) in [5.74, 6) is -0.801. The molecular weight excluding hydrogens is 798 g/mol. The lowest BCUT2D eigenvalue weighted by Gasteiger charge is -2.24. The number of rotatable bonds is 47. The maximum absolute atomic E-state index is 12.8. The largest absolute Gasteiger partial charge is 0.472 e. The summed E-state index contributed by atoms with van der Waals surface area (Å²) >= 11 is 0. The second-order valence-electron chi connectivity index (χ2n) is 18.5. The smallest absolute Gasteiger partial charge is 0.462 e. The summed E-state index contributed by atoms with van der Waals surface area (Å²) in [5.41, 5.74) is 0. The Balaban J connectivity index is 4.25. The molecule has 0 aromatic carbocycles. The van der Waals surface area contributed by atoms with E-state index in [1.54, 1.807) is 0 Å². The lowest BCUT2D eigenvalue weighted by Crippen LogP contribution is -2.37. The van der Waals surface area contributed by atoms with Gasteiger partial charge in [0.1, 0.15) is 19.8 Å². The molecule has 0 aliphatic rings. The number of esters is 2. The summed E-state index contributed by atoms with van der Waals surface area (Å²) in [7, 11) is 1.48. The van der Waals surface area contributed by atoms with E-state index in [0.29, 0.717) is 17.4 Å². The lowest BCUT2D eigenvalue weighted by atomic mass is 10.0. The van der Waals surface area contributed by atoms with Gasteiger partial charge >= 0.3 is 19.8 Å². The predicted molar refractivity (Wildman–Crippen MR) is 261 cm³/mol. The monoisotopic (exact) mass is 897 g/mol. The quantitative estimate of drug-likeness (QED) is 0.0212. The molecule has 0 heterocycles. The number of nitrogens with zero attached hydrogens (tertiary/aromatic N) is 1. The molecule has 0 bridgehead atoms. The van der Waals surface area contributed by atoms with Crippen LogP contribution in [0.2, 0.25) is 0 Å². The Hall–Kier alpha value is -1.77. The van der Waals surface area contributed by atoms with Crippen LogP contribution in [0.3, 0.4) is 0 Å². The maximum Gasteiger partial charge on any atom is 0.472 e. The van der Waals surface area contributed by atoms with E-state index >= 15 is 0 Å². The zero-order valence-electron chi connectivity index (χ0n) is 41.1. The minimum Gasteiger partial charge on any atom is -0.462 e. The van der Waals surface area contributed by atoms with E-state index in [4.69, 9.17) is 18.5 Å². The van der Waals surface area contributed by atoms with Crippen LogP contribution in [0, 0.1) is 0 Å². The Kier molecular flexibility index (Phi) is 43.2. The Morgan fingerprint density at radius 1 is 0.500 bits per heavy atom. The van der Waals surface area contributed by atoms with E-state index in [0.717, 1.165) is 51.4 Å². The average Bonchev–Trinajstić information content (AvgIpc) is 3.23. The molecule has 0 aromatic heterocycles. The maximum atomic E-state index is 12.8. The van der Waals surface area contributed by atoms with Gasteiger partial charge < -0.3 is 18.9 Å². The normalized spacial score (nSPS) is 13.7. The van der Waals surface area contributed by atoms with Gasteiger partial charge in [0.15, 0.2) is 6.10 Å². The summed E-state index contributed by atoms with van der Waals surface area (Å²) in [4.78, 5) is 35.5. The third-order valence-electron chi connectivity index (χ3n) is 11.1. The molecule has 0 spiro atoms. The molecule has 0 saturated carbocycles. The van der Waals surface area contributed by atoms with Crippen molar-refractivity contribution in [2.45, 2.75) is 238 Å². The fourth-order valence-electron chi connectivity index (χ4n) is 7.10. The van der Waals surface area contributed by atoms with Crippen molar-refractivity contribution < 1.29 is 42.1 Å². The minimum absolute atomic E-state index is 0.0307. The third-order valence-corrected chi connectivity index (χ3v) is 12.1. The van der Waals surface area contributed by atoms with Crippen molar-refractivity contribution >= 4 is 19.8 Å². The summed E-state index contributed by atoms with van der Waals surface area (Å²) in [6, 6.07) is 0. The summed E-state index contributed by atoms with van der Waals surface area (Å²) in [6.45, 7) is 4.41. The van der Waals surface area contributed by atoms with E-state index in [9.17, 15) is 19.0 Å². The number of ether oxygens (including phenoxy) is 2. The van der Waals surface area contributed by atoms with Crippen LogP contribution in [0.15, 0.2) is 36.5 Å². The Labute approximate surface area is 382 Å². The second kappa shape index (κ2) is 44.4. The van der Waals surface area contributed by atoms with Gasteiger partial charge in [0.25, 0.3) is 0 Å². The van der Waals surface area contributed by atoms with Crippen LogP contribution in [0.25, 0.3) is 0 Å². The summed E-state index contributed by atoms with van der Waals surface area (Å²) in [6.07, 6.45) is 51.9. The zero-order valence-corrected chi connectivity index (χ0v) is 42.0. The van der Waals surface area contributed by atoms with Gasteiger partial charge in [-0.2, -0.15) is 0 Å². The first kappa shape index (κ1) is 60.2. The number of carbonyl (C=O) groups excluding carboxylic acids is 2. The van der Waals surface area contributed by atoms with Crippen LogP contribution >= 0.6 is 7.82 Å². The number of carbonyl (C=O) groups is 2. The second-order valence-corrected chi connectivity index (χ2v) is 20.0. The van der Waals surface area contributed by atoms with Crippen LogP contribution in [-0.2, 0) is 32.7 Å².